The van der Waals surface area contributed by atoms with E-state index in [-0.39, 0.29) is 0 Å². The summed E-state index contributed by atoms with van der Waals surface area (Å²) in [5.74, 6) is 1.88. The molecular weight excluding hydrogens is 228 g/mol. The smallest absolute Gasteiger partial charge is 0.123 e. The van der Waals surface area contributed by atoms with E-state index in [0.717, 1.165) is 44.2 Å². The molecule has 0 unspecified atom stereocenters. The lowest BCUT2D eigenvalue weighted by molar-refractivity contribution is 0.229. The highest BCUT2D eigenvalue weighted by molar-refractivity contribution is 5.48. The van der Waals surface area contributed by atoms with E-state index in [0.29, 0.717) is 0 Å². The van der Waals surface area contributed by atoms with Crippen molar-refractivity contribution >= 4 is 0 Å². The van der Waals surface area contributed by atoms with Crippen molar-refractivity contribution < 1.29 is 9.47 Å². The highest BCUT2D eigenvalue weighted by Crippen LogP contribution is 2.30. The van der Waals surface area contributed by atoms with Gasteiger partial charge in [0, 0.05) is 38.3 Å². The van der Waals surface area contributed by atoms with Gasteiger partial charge in [-0.1, -0.05) is 0 Å². The summed E-state index contributed by atoms with van der Waals surface area (Å²) in [7, 11) is 3.44. The Morgan fingerprint density at radius 1 is 1.11 bits per heavy atom. The molecule has 18 heavy (non-hydrogen) atoms. The van der Waals surface area contributed by atoms with Gasteiger partial charge in [0.05, 0.1) is 14.2 Å². The third-order valence-electron chi connectivity index (χ3n) is 3.54. The van der Waals surface area contributed by atoms with Crippen LogP contribution in [0.5, 0.6) is 11.5 Å². The lowest BCUT2D eigenvalue weighted by Gasteiger charge is -2.28. The van der Waals surface area contributed by atoms with Crippen molar-refractivity contribution in [1.82, 2.24) is 10.2 Å². The molecule has 0 spiro atoms. The Morgan fingerprint density at radius 2 is 1.72 bits per heavy atom. The fourth-order valence-corrected chi connectivity index (χ4v) is 2.41. The standard InChI is InChI=1S/C14H22N2O2/c1-11-12(10-16-8-6-15-7-9-16)14(18-3)5-4-13(11)17-2/h4-5,15H,6-10H2,1-3H3. The minimum atomic E-state index is 0.924. The predicted octanol–water partition coefficient (Wildman–Crippen LogP) is 1.42. The van der Waals surface area contributed by atoms with Crippen molar-refractivity contribution in [3.63, 3.8) is 0 Å². The second-order valence-corrected chi connectivity index (χ2v) is 4.60. The molecule has 2 rings (SSSR count). The molecule has 1 N–H and O–H groups in total. The zero-order chi connectivity index (χ0) is 13.0. The molecule has 0 aliphatic carbocycles. The third kappa shape index (κ3) is 2.76. The Morgan fingerprint density at radius 3 is 2.33 bits per heavy atom. The van der Waals surface area contributed by atoms with Crippen LogP contribution >= 0.6 is 0 Å². The third-order valence-corrected chi connectivity index (χ3v) is 3.54. The van der Waals surface area contributed by atoms with Gasteiger partial charge >= 0.3 is 0 Å². The van der Waals surface area contributed by atoms with Gasteiger partial charge in [0.1, 0.15) is 11.5 Å². The molecule has 1 saturated heterocycles. The van der Waals surface area contributed by atoms with E-state index >= 15 is 0 Å². The molecule has 100 valence electrons. The summed E-state index contributed by atoms with van der Waals surface area (Å²) in [5.41, 5.74) is 2.41. The number of hydrogen-bond donors (Lipinski definition) is 1. The molecule has 0 bridgehead atoms. The first kappa shape index (κ1) is 13.2. The Balaban J connectivity index is 2.23. The fourth-order valence-electron chi connectivity index (χ4n) is 2.41. The van der Waals surface area contributed by atoms with E-state index in [2.05, 4.69) is 17.1 Å². The van der Waals surface area contributed by atoms with Crippen LogP contribution < -0.4 is 14.8 Å². The zero-order valence-corrected chi connectivity index (χ0v) is 11.5. The molecule has 0 radical (unpaired) electrons. The molecule has 1 aromatic carbocycles. The van der Waals surface area contributed by atoms with Crippen molar-refractivity contribution in [3.8, 4) is 11.5 Å². The van der Waals surface area contributed by atoms with Gasteiger partial charge in [-0.2, -0.15) is 0 Å². The number of hydrogen-bond acceptors (Lipinski definition) is 4. The number of methoxy groups -OCH3 is 2. The van der Waals surface area contributed by atoms with Crippen LogP contribution in [0, 0.1) is 6.92 Å². The minimum absolute atomic E-state index is 0.924. The summed E-state index contributed by atoms with van der Waals surface area (Å²) < 4.78 is 10.9. The summed E-state index contributed by atoms with van der Waals surface area (Å²) in [6.07, 6.45) is 0. The van der Waals surface area contributed by atoms with Gasteiger partial charge < -0.3 is 14.8 Å². The zero-order valence-electron chi connectivity index (χ0n) is 11.5. The Kier molecular flexibility index (Phi) is 4.44. The molecule has 1 aliphatic heterocycles. The number of nitrogens with zero attached hydrogens (tertiary/aromatic N) is 1. The number of benzene rings is 1. The molecule has 1 aromatic rings. The fraction of sp³-hybridized carbons (Fsp3) is 0.571. The molecule has 0 aromatic heterocycles. The van der Waals surface area contributed by atoms with Crippen LogP contribution in [-0.4, -0.2) is 45.3 Å². The average molecular weight is 250 g/mol. The second kappa shape index (κ2) is 6.07. The normalized spacial score (nSPS) is 16.6. The SMILES string of the molecule is COc1ccc(OC)c(CN2CCNCC2)c1C. The second-order valence-electron chi connectivity index (χ2n) is 4.60. The van der Waals surface area contributed by atoms with E-state index in [1.54, 1.807) is 14.2 Å². The average Bonchev–Trinajstić information content (AvgIpc) is 2.42. The summed E-state index contributed by atoms with van der Waals surface area (Å²) in [6.45, 7) is 7.31. The van der Waals surface area contributed by atoms with Crippen LogP contribution in [0.4, 0.5) is 0 Å². The van der Waals surface area contributed by atoms with Crippen LogP contribution in [0.2, 0.25) is 0 Å². The van der Waals surface area contributed by atoms with Gasteiger partial charge in [-0.3, -0.25) is 4.90 Å². The van der Waals surface area contributed by atoms with Gasteiger partial charge in [0.25, 0.3) is 0 Å². The van der Waals surface area contributed by atoms with Gasteiger partial charge in [-0.05, 0) is 24.6 Å². The molecule has 4 heteroatoms. The minimum Gasteiger partial charge on any atom is -0.496 e. The van der Waals surface area contributed by atoms with Crippen molar-refractivity contribution in [2.75, 3.05) is 40.4 Å². The van der Waals surface area contributed by atoms with Crippen molar-refractivity contribution in [2.45, 2.75) is 13.5 Å². The number of nitrogens with one attached hydrogen (secondary N) is 1. The maximum absolute atomic E-state index is 5.47. The van der Waals surface area contributed by atoms with Crippen LogP contribution in [-0.2, 0) is 6.54 Å². The topological polar surface area (TPSA) is 33.7 Å². The molecule has 0 atom stereocenters. The molecule has 1 heterocycles. The molecule has 0 saturated carbocycles. The van der Waals surface area contributed by atoms with E-state index < -0.39 is 0 Å². The summed E-state index contributed by atoms with van der Waals surface area (Å²) in [4.78, 5) is 2.45. The Bertz CT molecular complexity index is 401. The Labute approximate surface area is 109 Å². The van der Waals surface area contributed by atoms with E-state index in [1.165, 1.54) is 11.1 Å². The first-order valence-electron chi connectivity index (χ1n) is 6.39. The lowest BCUT2D eigenvalue weighted by atomic mass is 10.1. The highest BCUT2D eigenvalue weighted by atomic mass is 16.5. The first-order valence-corrected chi connectivity index (χ1v) is 6.39. The van der Waals surface area contributed by atoms with Gasteiger partial charge in [-0.15, -0.1) is 0 Å². The van der Waals surface area contributed by atoms with Crippen molar-refractivity contribution in [3.05, 3.63) is 23.3 Å². The molecule has 0 amide bonds. The number of ether oxygens (including phenoxy) is 2. The molecular formula is C14H22N2O2. The van der Waals surface area contributed by atoms with Gasteiger partial charge in [-0.25, -0.2) is 0 Å². The monoisotopic (exact) mass is 250 g/mol. The van der Waals surface area contributed by atoms with Crippen LogP contribution in [0.15, 0.2) is 12.1 Å². The predicted molar refractivity (Wildman–Crippen MR) is 72.4 cm³/mol. The van der Waals surface area contributed by atoms with Crippen LogP contribution in [0.1, 0.15) is 11.1 Å². The quantitative estimate of drug-likeness (QED) is 0.876. The van der Waals surface area contributed by atoms with E-state index in [1.807, 2.05) is 12.1 Å². The number of piperazine rings is 1. The lowest BCUT2D eigenvalue weighted by Crippen LogP contribution is -2.43. The maximum atomic E-state index is 5.47. The summed E-state index contributed by atoms with van der Waals surface area (Å²) >= 11 is 0. The molecule has 4 nitrogen and oxygen atoms in total. The van der Waals surface area contributed by atoms with Crippen molar-refractivity contribution in [2.24, 2.45) is 0 Å². The van der Waals surface area contributed by atoms with Crippen LogP contribution in [0.3, 0.4) is 0 Å². The largest absolute Gasteiger partial charge is 0.496 e. The van der Waals surface area contributed by atoms with Gasteiger partial charge in [0.15, 0.2) is 0 Å². The Hall–Kier alpha value is -1.26. The van der Waals surface area contributed by atoms with E-state index in [4.69, 9.17) is 9.47 Å². The first-order chi connectivity index (χ1) is 8.76. The summed E-state index contributed by atoms with van der Waals surface area (Å²) in [5, 5.41) is 3.37. The highest BCUT2D eigenvalue weighted by Gasteiger charge is 2.16. The van der Waals surface area contributed by atoms with Crippen molar-refractivity contribution in [1.29, 1.82) is 0 Å². The van der Waals surface area contributed by atoms with Gasteiger partial charge in [0.2, 0.25) is 0 Å². The summed E-state index contributed by atoms with van der Waals surface area (Å²) in [6, 6.07) is 3.96. The maximum Gasteiger partial charge on any atom is 0.123 e. The number of rotatable bonds is 4. The van der Waals surface area contributed by atoms with Crippen LogP contribution in [0.25, 0.3) is 0 Å². The molecule has 1 aliphatic rings. The van der Waals surface area contributed by atoms with E-state index in [9.17, 15) is 0 Å². The molecule has 1 fully saturated rings.